The van der Waals surface area contributed by atoms with Crippen LogP contribution in [-0.4, -0.2) is 11.8 Å². The Balaban J connectivity index is 1.42. The summed E-state index contributed by atoms with van der Waals surface area (Å²) in [6.07, 6.45) is 3.15. The SMILES string of the molecule is CC(=O)Oc1c(I)c(OCc2ccccc2)cc(OCc2ccccc2)c1C(=O)/C=C/c1ccc(OCc2ccccc2)cc1. The van der Waals surface area contributed by atoms with Gasteiger partial charge in [0, 0.05) is 13.0 Å². The number of allylic oxidation sites excluding steroid dienone is 1. The minimum atomic E-state index is -0.564. The molecule has 5 aromatic rings. The van der Waals surface area contributed by atoms with Gasteiger partial charge in [-0.25, -0.2) is 0 Å². The van der Waals surface area contributed by atoms with Crippen molar-refractivity contribution in [1.82, 2.24) is 0 Å². The number of hydrogen-bond donors (Lipinski definition) is 0. The number of esters is 1. The molecule has 0 spiro atoms. The largest absolute Gasteiger partial charge is 0.489 e. The van der Waals surface area contributed by atoms with Crippen molar-refractivity contribution in [3.05, 3.63) is 159 Å². The molecule has 6 nitrogen and oxygen atoms in total. The van der Waals surface area contributed by atoms with Crippen LogP contribution < -0.4 is 18.9 Å². The standard InChI is InChI=1S/C38H31IO6/c1-27(40)45-38-36(33(41)22-19-28-17-20-32(21-18-28)42-24-29-11-5-2-6-12-29)34(43-25-30-13-7-3-8-14-30)23-35(37(38)39)44-26-31-15-9-4-10-16-31/h2-23H,24-26H2,1H3/b22-19+. The lowest BCUT2D eigenvalue weighted by Gasteiger charge is -2.18. The molecule has 0 unspecified atom stereocenters. The molecular weight excluding hydrogens is 679 g/mol. The first kappa shape index (κ1) is 31.5. The summed E-state index contributed by atoms with van der Waals surface area (Å²) in [4.78, 5) is 26.0. The first-order valence-corrected chi connectivity index (χ1v) is 15.4. The fraction of sp³-hybridized carbons (Fsp3) is 0.105. The number of halogens is 1. The highest BCUT2D eigenvalue weighted by Crippen LogP contribution is 2.41. The number of benzene rings is 5. The summed E-state index contributed by atoms with van der Waals surface area (Å²) >= 11 is 2.04. The Bertz CT molecular complexity index is 1750. The van der Waals surface area contributed by atoms with E-state index in [1.807, 2.05) is 138 Å². The summed E-state index contributed by atoms with van der Waals surface area (Å²) in [6, 6.07) is 38.4. The molecular formula is C38H31IO6. The van der Waals surface area contributed by atoms with Gasteiger partial charge < -0.3 is 18.9 Å². The summed E-state index contributed by atoms with van der Waals surface area (Å²) in [5.74, 6) is 0.550. The molecule has 0 bridgehead atoms. The van der Waals surface area contributed by atoms with Crippen LogP contribution in [0.15, 0.2) is 127 Å². The van der Waals surface area contributed by atoms with Crippen molar-refractivity contribution in [1.29, 1.82) is 0 Å². The second kappa shape index (κ2) is 15.7. The zero-order valence-corrected chi connectivity index (χ0v) is 26.8. The number of hydrogen-bond acceptors (Lipinski definition) is 6. The van der Waals surface area contributed by atoms with Crippen LogP contribution in [0.4, 0.5) is 0 Å². The van der Waals surface area contributed by atoms with Crippen LogP contribution in [0, 0.1) is 3.57 Å². The molecule has 5 rings (SSSR count). The van der Waals surface area contributed by atoms with E-state index in [0.29, 0.717) is 15.9 Å². The minimum Gasteiger partial charge on any atom is -0.489 e. The van der Waals surface area contributed by atoms with E-state index in [9.17, 15) is 9.59 Å². The minimum absolute atomic E-state index is 0.0935. The lowest BCUT2D eigenvalue weighted by molar-refractivity contribution is -0.131. The molecule has 0 fully saturated rings. The Morgan fingerprint density at radius 2 is 1.13 bits per heavy atom. The Morgan fingerprint density at radius 1 is 0.644 bits per heavy atom. The van der Waals surface area contributed by atoms with Crippen LogP contribution in [-0.2, 0) is 24.6 Å². The molecule has 0 saturated carbocycles. The van der Waals surface area contributed by atoms with E-state index in [2.05, 4.69) is 0 Å². The maximum atomic E-state index is 13.8. The van der Waals surface area contributed by atoms with E-state index in [1.54, 1.807) is 12.1 Å². The van der Waals surface area contributed by atoms with Crippen LogP contribution in [0.1, 0.15) is 39.5 Å². The lowest BCUT2D eigenvalue weighted by Crippen LogP contribution is -2.12. The molecule has 0 atom stereocenters. The van der Waals surface area contributed by atoms with Crippen LogP contribution >= 0.6 is 22.6 Å². The molecule has 0 aliphatic carbocycles. The van der Waals surface area contributed by atoms with Gasteiger partial charge in [-0.2, -0.15) is 0 Å². The highest BCUT2D eigenvalue weighted by molar-refractivity contribution is 14.1. The Labute approximate surface area is 276 Å². The number of ether oxygens (including phenoxy) is 4. The third kappa shape index (κ3) is 9.06. The van der Waals surface area contributed by atoms with Crippen molar-refractivity contribution in [2.75, 3.05) is 0 Å². The Kier molecular flexibility index (Phi) is 11.0. The predicted octanol–water partition coefficient (Wildman–Crippen LogP) is 8.85. The Hall–Kier alpha value is -4.89. The van der Waals surface area contributed by atoms with Crippen LogP contribution in [0.3, 0.4) is 0 Å². The highest BCUT2D eigenvalue weighted by Gasteiger charge is 2.26. The Morgan fingerprint density at radius 3 is 1.64 bits per heavy atom. The van der Waals surface area contributed by atoms with Crippen molar-refractivity contribution in [2.45, 2.75) is 26.7 Å². The summed E-state index contributed by atoms with van der Waals surface area (Å²) in [7, 11) is 0. The molecule has 45 heavy (non-hydrogen) atoms. The lowest BCUT2D eigenvalue weighted by atomic mass is 10.1. The van der Waals surface area contributed by atoms with Gasteiger partial charge in [0.15, 0.2) is 11.5 Å². The molecule has 0 N–H and O–H groups in total. The normalized spacial score (nSPS) is 10.8. The molecule has 7 heteroatoms. The number of rotatable bonds is 13. The first-order chi connectivity index (χ1) is 22.0. The van der Waals surface area contributed by atoms with Gasteiger partial charge in [-0.15, -0.1) is 0 Å². The number of carbonyl (C=O) groups excluding carboxylic acids is 2. The summed E-state index contributed by atoms with van der Waals surface area (Å²) in [5, 5.41) is 0. The zero-order valence-electron chi connectivity index (χ0n) is 24.7. The third-order valence-electron chi connectivity index (χ3n) is 6.67. The van der Waals surface area contributed by atoms with E-state index in [4.69, 9.17) is 18.9 Å². The van der Waals surface area contributed by atoms with E-state index < -0.39 is 5.97 Å². The molecule has 0 radical (unpaired) electrons. The van der Waals surface area contributed by atoms with Crippen molar-refractivity contribution in [3.8, 4) is 23.0 Å². The monoisotopic (exact) mass is 710 g/mol. The van der Waals surface area contributed by atoms with E-state index >= 15 is 0 Å². The smallest absolute Gasteiger partial charge is 0.308 e. The van der Waals surface area contributed by atoms with Gasteiger partial charge >= 0.3 is 5.97 Å². The summed E-state index contributed by atoms with van der Waals surface area (Å²) in [5.41, 5.74) is 3.89. The molecule has 0 aromatic heterocycles. The number of ketones is 1. The molecule has 226 valence electrons. The van der Waals surface area contributed by atoms with Gasteiger partial charge in [-0.3, -0.25) is 9.59 Å². The topological polar surface area (TPSA) is 71.1 Å². The molecule has 0 amide bonds. The molecule has 0 aliphatic heterocycles. The predicted molar refractivity (Wildman–Crippen MR) is 183 cm³/mol. The number of carbonyl (C=O) groups is 2. The van der Waals surface area contributed by atoms with Gasteiger partial charge in [0.05, 0.1) is 3.57 Å². The maximum Gasteiger partial charge on any atom is 0.308 e. The van der Waals surface area contributed by atoms with Crippen molar-refractivity contribution < 1.29 is 28.5 Å². The van der Waals surface area contributed by atoms with Gasteiger partial charge in [0.25, 0.3) is 0 Å². The highest BCUT2D eigenvalue weighted by atomic mass is 127. The van der Waals surface area contributed by atoms with E-state index in [1.165, 1.54) is 13.0 Å². The quantitative estimate of drug-likeness (QED) is 0.0400. The van der Waals surface area contributed by atoms with Gasteiger partial charge in [0.1, 0.15) is 42.6 Å². The summed E-state index contributed by atoms with van der Waals surface area (Å²) < 4.78 is 24.3. The van der Waals surface area contributed by atoms with Gasteiger partial charge in [0.2, 0.25) is 0 Å². The first-order valence-electron chi connectivity index (χ1n) is 14.3. The molecule has 5 aromatic carbocycles. The van der Waals surface area contributed by atoms with E-state index in [0.717, 1.165) is 28.0 Å². The van der Waals surface area contributed by atoms with Crippen molar-refractivity contribution in [2.24, 2.45) is 0 Å². The fourth-order valence-electron chi connectivity index (χ4n) is 4.42. The second-order valence-electron chi connectivity index (χ2n) is 10.1. The fourth-order valence-corrected chi connectivity index (χ4v) is 5.11. The molecule has 0 heterocycles. The third-order valence-corrected chi connectivity index (χ3v) is 7.69. The maximum absolute atomic E-state index is 13.8. The van der Waals surface area contributed by atoms with Crippen LogP contribution in [0.5, 0.6) is 23.0 Å². The van der Waals surface area contributed by atoms with Gasteiger partial charge in [-0.1, -0.05) is 109 Å². The van der Waals surface area contributed by atoms with Crippen molar-refractivity contribution >= 4 is 40.4 Å². The van der Waals surface area contributed by atoms with Crippen LogP contribution in [0.25, 0.3) is 6.08 Å². The zero-order chi connectivity index (χ0) is 31.4. The van der Waals surface area contributed by atoms with E-state index in [-0.39, 0.29) is 36.1 Å². The average molecular weight is 711 g/mol. The summed E-state index contributed by atoms with van der Waals surface area (Å²) in [6.45, 7) is 2.24. The van der Waals surface area contributed by atoms with Crippen molar-refractivity contribution in [3.63, 3.8) is 0 Å². The molecule has 0 saturated heterocycles. The van der Waals surface area contributed by atoms with Crippen LogP contribution in [0.2, 0.25) is 0 Å². The van der Waals surface area contributed by atoms with Gasteiger partial charge in [-0.05, 0) is 63.1 Å². The second-order valence-corrected chi connectivity index (χ2v) is 11.2. The average Bonchev–Trinajstić information content (AvgIpc) is 3.07. The molecule has 0 aliphatic rings.